The van der Waals surface area contributed by atoms with Gasteiger partial charge in [-0.25, -0.2) is 14.8 Å². The lowest BCUT2D eigenvalue weighted by molar-refractivity contribution is 0.0158. The molecule has 1 aromatic heterocycles. The van der Waals surface area contributed by atoms with Crippen molar-refractivity contribution in [1.29, 1.82) is 5.26 Å². The summed E-state index contributed by atoms with van der Waals surface area (Å²) in [6, 6.07) is 2.20. The number of nitriles is 1. The van der Waals surface area contributed by atoms with E-state index >= 15 is 0 Å². The second-order valence-corrected chi connectivity index (χ2v) is 11.4. The fraction of sp³-hybridized carbons (Fsp3) is 0.600. The topological polar surface area (TPSA) is 82.3 Å². The predicted molar refractivity (Wildman–Crippen MR) is 188 cm³/mol. The Kier molecular flexibility index (Phi) is 23.1. The predicted octanol–water partition coefficient (Wildman–Crippen LogP) is 10.2. The molecule has 0 N–H and O–H groups in total. The van der Waals surface area contributed by atoms with E-state index in [1.807, 2.05) is 93.5 Å². The van der Waals surface area contributed by atoms with Gasteiger partial charge in [0, 0.05) is 30.2 Å². The van der Waals surface area contributed by atoms with Gasteiger partial charge in [-0.15, -0.1) is 0 Å². The van der Waals surface area contributed by atoms with E-state index in [4.69, 9.17) is 10.00 Å². The molecule has 0 saturated carbocycles. The van der Waals surface area contributed by atoms with Crippen LogP contribution in [-0.4, -0.2) is 52.2 Å². The number of aryl methyl sites for hydroxylation is 1. The molecule has 0 aromatic carbocycles. The number of anilines is 1. The van der Waals surface area contributed by atoms with Crippen molar-refractivity contribution in [3.05, 3.63) is 59.6 Å². The fourth-order valence-corrected chi connectivity index (χ4v) is 4.44. The summed E-state index contributed by atoms with van der Waals surface area (Å²) in [6.45, 7) is 29.8. The van der Waals surface area contributed by atoms with E-state index in [9.17, 15) is 4.79 Å². The minimum absolute atomic E-state index is 0.0381. The van der Waals surface area contributed by atoms with E-state index in [-0.39, 0.29) is 12.1 Å². The van der Waals surface area contributed by atoms with Crippen LogP contribution in [0.3, 0.4) is 0 Å². The number of unbranched alkanes of at least 4 members (excludes halogenated alkanes) is 1. The summed E-state index contributed by atoms with van der Waals surface area (Å²) in [5.74, 6) is 0.896. The number of hydrogen-bond donors (Lipinski definition) is 0. The maximum atomic E-state index is 12.4. The Labute approximate surface area is 271 Å². The highest BCUT2D eigenvalue weighted by molar-refractivity contribution is 9.15. The first-order valence-electron chi connectivity index (χ1n) is 15.7. The van der Waals surface area contributed by atoms with Gasteiger partial charge >= 0.3 is 6.09 Å². The molecule has 43 heavy (non-hydrogen) atoms. The summed E-state index contributed by atoms with van der Waals surface area (Å²) in [6.07, 6.45) is 13.3. The molecule has 1 fully saturated rings. The van der Waals surface area contributed by atoms with Crippen LogP contribution >= 0.6 is 15.9 Å². The molecule has 1 aromatic rings. The number of aromatic nitrogens is 2. The van der Waals surface area contributed by atoms with Gasteiger partial charge in [0.05, 0.1) is 22.9 Å². The number of carbonyl (C=O) groups excluding carboxylic acids is 1. The number of hydrogen-bond acceptors (Lipinski definition) is 6. The molecule has 1 aliphatic heterocycles. The molecule has 2 rings (SSSR count). The van der Waals surface area contributed by atoms with Crippen molar-refractivity contribution < 1.29 is 9.53 Å². The van der Waals surface area contributed by atoms with Crippen molar-refractivity contribution in [3.8, 4) is 6.07 Å². The Hall–Kier alpha value is -2.92. The SMILES string of the molecule is C/C=C(/Br)c1c(C)ncnc1N1CCN(C(=O)OC(C)(C)C)C(C)C1.C=C(/C=C(C#N)\C=C/CCC)CCC.CC.CC. The highest BCUT2D eigenvalue weighted by Crippen LogP contribution is 2.32. The zero-order chi connectivity index (χ0) is 33.6. The molecule has 7 nitrogen and oxygen atoms in total. The van der Waals surface area contributed by atoms with Gasteiger partial charge in [0.1, 0.15) is 17.7 Å². The zero-order valence-corrected chi connectivity index (χ0v) is 30.6. The first-order valence-corrected chi connectivity index (χ1v) is 16.5. The number of amides is 1. The van der Waals surface area contributed by atoms with E-state index < -0.39 is 5.60 Å². The Balaban J connectivity index is 0. The van der Waals surface area contributed by atoms with Crippen molar-refractivity contribution in [2.45, 2.75) is 120 Å². The Morgan fingerprint density at radius 3 is 2.30 bits per heavy atom. The third kappa shape index (κ3) is 16.5. The molecule has 0 aliphatic carbocycles. The molecule has 1 saturated heterocycles. The monoisotopic (exact) mass is 659 g/mol. The average Bonchev–Trinajstić information content (AvgIpc) is 2.97. The fourth-order valence-electron chi connectivity index (χ4n) is 3.97. The molecule has 1 amide bonds. The molecule has 1 atom stereocenters. The number of allylic oxidation sites excluding steroid dienone is 6. The number of ether oxygens (including phenoxy) is 1. The number of piperazine rings is 1. The van der Waals surface area contributed by atoms with Crippen molar-refractivity contribution in [2.75, 3.05) is 24.5 Å². The molecule has 0 radical (unpaired) electrons. The Morgan fingerprint density at radius 1 is 1.19 bits per heavy atom. The van der Waals surface area contributed by atoms with Crippen molar-refractivity contribution in [3.63, 3.8) is 0 Å². The van der Waals surface area contributed by atoms with Crippen LogP contribution in [0.5, 0.6) is 0 Å². The van der Waals surface area contributed by atoms with E-state index in [1.165, 1.54) is 0 Å². The third-order valence-electron chi connectivity index (χ3n) is 5.88. The van der Waals surface area contributed by atoms with Crippen molar-refractivity contribution >= 4 is 32.3 Å². The van der Waals surface area contributed by atoms with Crippen LogP contribution in [0.4, 0.5) is 10.6 Å². The van der Waals surface area contributed by atoms with Crippen LogP contribution in [0, 0.1) is 18.3 Å². The summed E-state index contributed by atoms with van der Waals surface area (Å²) in [4.78, 5) is 25.2. The van der Waals surface area contributed by atoms with Crippen LogP contribution in [-0.2, 0) is 4.74 Å². The first kappa shape index (κ1) is 42.2. The molecule has 2 heterocycles. The molecular weight excluding hydrogens is 602 g/mol. The second kappa shape index (κ2) is 23.5. The molecule has 1 unspecified atom stereocenters. The lowest BCUT2D eigenvalue weighted by atomic mass is 10.1. The van der Waals surface area contributed by atoms with Gasteiger partial charge in [0.15, 0.2) is 0 Å². The number of rotatable bonds is 8. The largest absolute Gasteiger partial charge is 0.444 e. The van der Waals surface area contributed by atoms with E-state index in [0.717, 1.165) is 52.8 Å². The normalized spacial score (nSPS) is 15.2. The zero-order valence-electron chi connectivity index (χ0n) is 29.1. The molecule has 0 spiro atoms. The van der Waals surface area contributed by atoms with Gasteiger partial charge in [0.2, 0.25) is 0 Å². The molecule has 242 valence electrons. The minimum atomic E-state index is -0.484. The number of carbonyl (C=O) groups is 1. The summed E-state index contributed by atoms with van der Waals surface area (Å²) in [7, 11) is 0. The molecule has 1 aliphatic rings. The lowest BCUT2D eigenvalue weighted by Crippen LogP contribution is -2.55. The molecule has 0 bridgehead atoms. The maximum Gasteiger partial charge on any atom is 0.410 e. The van der Waals surface area contributed by atoms with E-state index in [2.05, 4.69) is 57.3 Å². The van der Waals surface area contributed by atoms with Crippen LogP contribution in [0.1, 0.15) is 113 Å². The summed E-state index contributed by atoms with van der Waals surface area (Å²) in [5, 5.41) is 8.83. The van der Waals surface area contributed by atoms with E-state index in [1.54, 1.807) is 11.2 Å². The second-order valence-electron chi connectivity index (χ2n) is 10.6. The van der Waals surface area contributed by atoms with Crippen molar-refractivity contribution in [2.24, 2.45) is 0 Å². The van der Waals surface area contributed by atoms with Gasteiger partial charge in [-0.3, -0.25) is 0 Å². The summed E-state index contributed by atoms with van der Waals surface area (Å²) in [5.41, 5.74) is 3.18. The summed E-state index contributed by atoms with van der Waals surface area (Å²) < 4.78 is 6.49. The Bertz CT molecular complexity index is 1100. The Morgan fingerprint density at radius 2 is 1.81 bits per heavy atom. The standard InChI is InChI=1S/C18H27BrN4O2.C13H19N.2C2H6/c1-7-14(19)15-13(3)20-11-21-16(15)22-8-9-23(12(2)10-22)17(24)25-18(4,5)6;1-4-6-7-9-13(11-14)10-12(3)8-5-2;2*1-2/h7,11-12H,8-10H2,1-6H3;7,9-10H,3-6,8H2,1-2H3;2*1-2H3/b14-7+;9-7-,13-10+;;. The van der Waals surface area contributed by atoms with Crippen LogP contribution in [0.15, 0.2) is 48.4 Å². The maximum absolute atomic E-state index is 12.4. The number of nitrogens with zero attached hydrogens (tertiary/aromatic N) is 5. The highest BCUT2D eigenvalue weighted by atomic mass is 79.9. The van der Waals surface area contributed by atoms with Gasteiger partial charge < -0.3 is 14.5 Å². The lowest BCUT2D eigenvalue weighted by Gasteiger charge is -2.41. The quantitative estimate of drug-likeness (QED) is 0.204. The minimum Gasteiger partial charge on any atom is -0.444 e. The third-order valence-corrected chi connectivity index (χ3v) is 6.73. The molecule has 8 heteroatoms. The van der Waals surface area contributed by atoms with Crippen molar-refractivity contribution in [1.82, 2.24) is 14.9 Å². The summed E-state index contributed by atoms with van der Waals surface area (Å²) >= 11 is 3.61. The highest BCUT2D eigenvalue weighted by Gasteiger charge is 2.32. The smallest absolute Gasteiger partial charge is 0.410 e. The van der Waals surface area contributed by atoms with Crippen LogP contribution in [0.25, 0.3) is 4.48 Å². The first-order chi connectivity index (χ1) is 20.4. The van der Waals surface area contributed by atoms with E-state index in [0.29, 0.717) is 25.2 Å². The van der Waals surface area contributed by atoms with Crippen LogP contribution in [0.2, 0.25) is 0 Å². The van der Waals surface area contributed by atoms with Gasteiger partial charge in [-0.05, 0) is 66.5 Å². The number of halogens is 1. The van der Waals surface area contributed by atoms with Gasteiger partial charge in [0.25, 0.3) is 0 Å². The average molecular weight is 661 g/mol. The van der Waals surface area contributed by atoms with Crippen LogP contribution < -0.4 is 4.90 Å². The van der Waals surface area contributed by atoms with Gasteiger partial charge in [-0.2, -0.15) is 5.26 Å². The van der Waals surface area contributed by atoms with Gasteiger partial charge in [-0.1, -0.05) is 94.6 Å². The molecular formula is C35H58BrN5O2.